The molecule has 3 N–H and O–H groups in total. The van der Waals surface area contributed by atoms with Crippen LogP contribution in [0.2, 0.25) is 0 Å². The van der Waals surface area contributed by atoms with Crippen molar-refractivity contribution < 1.29 is 17.9 Å². The Hall–Kier alpha value is -1.34. The molecule has 90 valence electrons. The number of hydrogen-bond donors (Lipinski definition) is 2. The van der Waals surface area contributed by atoms with Crippen molar-refractivity contribution in [1.82, 2.24) is 10.4 Å². The third kappa shape index (κ3) is 3.67. The third-order valence-electron chi connectivity index (χ3n) is 2.01. The largest absolute Gasteiger partial charge is 0.495 e. The molecule has 0 aromatic carbocycles. The lowest BCUT2D eigenvalue weighted by Crippen LogP contribution is -2.31. The summed E-state index contributed by atoms with van der Waals surface area (Å²) in [6, 6.07) is 0.436. The molecule has 0 saturated heterocycles. The standard InChI is InChI=1S/C9H12F3N3O/c1-16-7-2-6(4-14-5-7)8(15-13)3-9(10,11)12/h2,4-5,8,15H,3,13H2,1H3. The molecule has 0 fully saturated rings. The Balaban J connectivity index is 2.86. The van der Waals surface area contributed by atoms with E-state index in [0.717, 1.165) is 0 Å². The van der Waals surface area contributed by atoms with Crippen LogP contribution in [0.5, 0.6) is 5.75 Å². The lowest BCUT2D eigenvalue weighted by atomic mass is 10.1. The van der Waals surface area contributed by atoms with Gasteiger partial charge >= 0.3 is 6.18 Å². The highest BCUT2D eigenvalue weighted by atomic mass is 19.4. The summed E-state index contributed by atoms with van der Waals surface area (Å²) in [6.45, 7) is 0. The maximum Gasteiger partial charge on any atom is 0.390 e. The van der Waals surface area contributed by atoms with E-state index >= 15 is 0 Å². The van der Waals surface area contributed by atoms with Crippen molar-refractivity contribution in [3.8, 4) is 5.75 Å². The van der Waals surface area contributed by atoms with Crippen LogP contribution in [0.15, 0.2) is 18.5 Å². The van der Waals surface area contributed by atoms with E-state index < -0.39 is 18.6 Å². The Bertz CT molecular complexity index is 343. The zero-order valence-corrected chi connectivity index (χ0v) is 8.58. The first-order valence-electron chi connectivity index (χ1n) is 4.48. The SMILES string of the molecule is COc1cncc(C(CC(F)(F)F)NN)c1. The summed E-state index contributed by atoms with van der Waals surface area (Å²) in [4.78, 5) is 3.77. The minimum atomic E-state index is -4.29. The molecule has 0 aliphatic rings. The summed E-state index contributed by atoms with van der Waals surface area (Å²) < 4.78 is 41.5. The fourth-order valence-electron chi connectivity index (χ4n) is 1.24. The zero-order valence-electron chi connectivity index (χ0n) is 8.58. The number of pyridine rings is 1. The van der Waals surface area contributed by atoms with Crippen LogP contribution in [0.1, 0.15) is 18.0 Å². The first-order chi connectivity index (χ1) is 7.46. The van der Waals surface area contributed by atoms with Gasteiger partial charge in [0.1, 0.15) is 5.75 Å². The molecule has 0 bridgehead atoms. The molecular weight excluding hydrogens is 223 g/mol. The van der Waals surface area contributed by atoms with E-state index in [2.05, 4.69) is 10.4 Å². The van der Waals surface area contributed by atoms with Gasteiger partial charge < -0.3 is 4.74 Å². The number of aromatic nitrogens is 1. The van der Waals surface area contributed by atoms with Crippen LogP contribution in [-0.2, 0) is 0 Å². The number of halogens is 3. The molecule has 0 aliphatic heterocycles. The van der Waals surface area contributed by atoms with Crippen LogP contribution in [0.3, 0.4) is 0 Å². The number of nitrogens with zero attached hydrogens (tertiary/aromatic N) is 1. The van der Waals surface area contributed by atoms with Crippen LogP contribution < -0.4 is 16.0 Å². The van der Waals surface area contributed by atoms with Crippen LogP contribution in [0, 0.1) is 0 Å². The van der Waals surface area contributed by atoms with E-state index in [1.165, 1.54) is 25.6 Å². The van der Waals surface area contributed by atoms with Gasteiger partial charge in [-0.2, -0.15) is 13.2 Å². The maximum absolute atomic E-state index is 12.2. The molecule has 1 rings (SSSR count). The van der Waals surface area contributed by atoms with Gasteiger partial charge in [-0.1, -0.05) is 0 Å². The summed E-state index contributed by atoms with van der Waals surface area (Å²) in [7, 11) is 1.41. The topological polar surface area (TPSA) is 60.2 Å². The molecular formula is C9H12F3N3O. The van der Waals surface area contributed by atoms with Gasteiger partial charge in [-0.05, 0) is 11.6 Å². The van der Waals surface area contributed by atoms with Crippen LogP contribution in [0.25, 0.3) is 0 Å². The Morgan fingerprint density at radius 2 is 2.19 bits per heavy atom. The Morgan fingerprint density at radius 3 is 2.69 bits per heavy atom. The van der Waals surface area contributed by atoms with Crippen molar-refractivity contribution in [2.24, 2.45) is 5.84 Å². The number of hydrogen-bond acceptors (Lipinski definition) is 4. The minimum Gasteiger partial charge on any atom is -0.495 e. The van der Waals surface area contributed by atoms with E-state index in [1.807, 2.05) is 0 Å². The number of nitrogens with one attached hydrogen (secondary N) is 1. The summed E-state index contributed by atoms with van der Waals surface area (Å²) in [6.07, 6.45) is -2.62. The quantitative estimate of drug-likeness (QED) is 0.614. The van der Waals surface area contributed by atoms with Crippen LogP contribution >= 0.6 is 0 Å². The molecule has 1 aromatic rings. The van der Waals surface area contributed by atoms with E-state index in [0.29, 0.717) is 11.3 Å². The zero-order chi connectivity index (χ0) is 12.2. The number of ether oxygens (including phenoxy) is 1. The first kappa shape index (κ1) is 12.7. The van der Waals surface area contributed by atoms with Crippen molar-refractivity contribution >= 4 is 0 Å². The highest BCUT2D eigenvalue weighted by Crippen LogP contribution is 2.29. The molecule has 4 nitrogen and oxygen atoms in total. The lowest BCUT2D eigenvalue weighted by molar-refractivity contribution is -0.140. The van der Waals surface area contributed by atoms with Crippen molar-refractivity contribution in [1.29, 1.82) is 0 Å². The fourth-order valence-corrected chi connectivity index (χ4v) is 1.24. The Labute approximate surface area is 90.6 Å². The lowest BCUT2D eigenvalue weighted by Gasteiger charge is -2.18. The summed E-state index contributed by atoms with van der Waals surface area (Å²) in [5, 5.41) is 0. The highest BCUT2D eigenvalue weighted by molar-refractivity contribution is 5.25. The predicted molar refractivity (Wildman–Crippen MR) is 51.5 cm³/mol. The normalized spacial score (nSPS) is 13.6. The number of hydrazine groups is 1. The molecule has 0 amide bonds. The number of rotatable bonds is 4. The Kier molecular flexibility index (Phi) is 4.08. The molecule has 1 heterocycles. The van der Waals surface area contributed by atoms with Crippen molar-refractivity contribution in [3.63, 3.8) is 0 Å². The monoisotopic (exact) mass is 235 g/mol. The van der Waals surface area contributed by atoms with Crippen molar-refractivity contribution in [2.75, 3.05) is 7.11 Å². The average Bonchev–Trinajstić information content (AvgIpc) is 2.25. The molecule has 1 aromatic heterocycles. The highest BCUT2D eigenvalue weighted by Gasteiger charge is 2.32. The van der Waals surface area contributed by atoms with Gasteiger partial charge in [0.15, 0.2) is 0 Å². The van der Waals surface area contributed by atoms with E-state index in [4.69, 9.17) is 10.6 Å². The smallest absolute Gasteiger partial charge is 0.390 e. The van der Waals surface area contributed by atoms with E-state index in [9.17, 15) is 13.2 Å². The molecule has 0 aliphatic carbocycles. The second kappa shape index (κ2) is 5.13. The average molecular weight is 235 g/mol. The molecule has 0 saturated carbocycles. The molecule has 1 atom stereocenters. The van der Waals surface area contributed by atoms with Gasteiger partial charge in [-0.15, -0.1) is 0 Å². The molecule has 0 spiro atoms. The number of methoxy groups -OCH3 is 1. The predicted octanol–water partition coefficient (Wildman–Crippen LogP) is 1.55. The van der Waals surface area contributed by atoms with Gasteiger partial charge in [0.05, 0.1) is 25.8 Å². The van der Waals surface area contributed by atoms with E-state index in [1.54, 1.807) is 0 Å². The molecule has 7 heteroatoms. The molecule has 16 heavy (non-hydrogen) atoms. The number of alkyl halides is 3. The molecule has 1 unspecified atom stereocenters. The van der Waals surface area contributed by atoms with Gasteiger partial charge in [-0.25, -0.2) is 0 Å². The van der Waals surface area contributed by atoms with Crippen LogP contribution in [0.4, 0.5) is 13.2 Å². The summed E-state index contributed by atoms with van der Waals surface area (Å²) in [5.41, 5.74) is 2.44. The van der Waals surface area contributed by atoms with Crippen LogP contribution in [-0.4, -0.2) is 18.3 Å². The van der Waals surface area contributed by atoms with E-state index in [-0.39, 0.29) is 0 Å². The first-order valence-corrected chi connectivity index (χ1v) is 4.48. The number of nitrogens with two attached hydrogens (primary N) is 1. The third-order valence-corrected chi connectivity index (χ3v) is 2.01. The molecule has 0 radical (unpaired) electrons. The van der Waals surface area contributed by atoms with Crippen molar-refractivity contribution in [3.05, 3.63) is 24.0 Å². The van der Waals surface area contributed by atoms with Gasteiger partial charge in [0.25, 0.3) is 0 Å². The second-order valence-electron chi connectivity index (χ2n) is 3.20. The maximum atomic E-state index is 12.2. The minimum absolute atomic E-state index is 0.333. The Morgan fingerprint density at radius 1 is 1.50 bits per heavy atom. The fraction of sp³-hybridized carbons (Fsp3) is 0.444. The summed E-state index contributed by atoms with van der Waals surface area (Å²) in [5.74, 6) is 5.47. The van der Waals surface area contributed by atoms with Gasteiger partial charge in [-0.3, -0.25) is 16.3 Å². The summed E-state index contributed by atoms with van der Waals surface area (Å²) >= 11 is 0. The van der Waals surface area contributed by atoms with Crippen molar-refractivity contribution in [2.45, 2.75) is 18.6 Å². The van der Waals surface area contributed by atoms with Gasteiger partial charge in [0, 0.05) is 6.20 Å². The second-order valence-corrected chi connectivity index (χ2v) is 3.20. The van der Waals surface area contributed by atoms with Gasteiger partial charge in [0.2, 0.25) is 0 Å².